The Labute approximate surface area is 57.7 Å². The average Bonchev–Trinajstić information content (AvgIpc) is 2.27. The first-order valence-electron chi connectivity index (χ1n) is 3.02. The van der Waals surface area contributed by atoms with E-state index < -0.39 is 0 Å². The number of hydrogen-bond acceptors (Lipinski definition) is 3. The van der Waals surface area contributed by atoms with Crippen LogP contribution in [0.4, 0.5) is 0 Å². The fourth-order valence-corrected chi connectivity index (χ4v) is 0.914. The first-order chi connectivity index (χ1) is 4.86. The molecule has 0 fully saturated rings. The number of aryl methyl sites for hydroxylation is 1. The van der Waals surface area contributed by atoms with Gasteiger partial charge in [0.25, 0.3) is 0 Å². The lowest BCUT2D eigenvalue weighted by atomic mass is 10.4. The van der Waals surface area contributed by atoms with E-state index in [1.807, 2.05) is 13.0 Å². The summed E-state index contributed by atoms with van der Waals surface area (Å²) in [5.74, 6) is 0.871. The molecule has 0 aromatic carbocycles. The molecule has 0 N–H and O–H groups in total. The molecule has 0 bridgehead atoms. The summed E-state index contributed by atoms with van der Waals surface area (Å²) < 4.78 is 5.22. The Hall–Kier alpha value is -1.38. The normalized spacial score (nSPS) is 10.5. The van der Waals surface area contributed by atoms with E-state index in [2.05, 4.69) is 9.97 Å². The summed E-state index contributed by atoms with van der Waals surface area (Å²) in [5.41, 5.74) is 0.660. The zero-order valence-electron chi connectivity index (χ0n) is 5.53. The second kappa shape index (κ2) is 1.80. The molecule has 2 aromatic heterocycles. The quantitative estimate of drug-likeness (QED) is 0.548. The Kier molecular flexibility index (Phi) is 0.974. The van der Waals surface area contributed by atoms with Gasteiger partial charge in [0.05, 0.1) is 5.39 Å². The minimum absolute atomic E-state index is 0.660. The molecule has 0 saturated carbocycles. The summed E-state index contributed by atoms with van der Waals surface area (Å²) in [6, 6.07) is 1.91. The number of rotatable bonds is 0. The van der Waals surface area contributed by atoms with Crippen LogP contribution in [-0.2, 0) is 0 Å². The fourth-order valence-electron chi connectivity index (χ4n) is 0.914. The molecular formula is C7H6N2O. The Balaban J connectivity index is 2.88. The van der Waals surface area contributed by atoms with E-state index in [9.17, 15) is 0 Å². The lowest BCUT2D eigenvalue weighted by molar-refractivity contribution is 0.567. The number of fused-ring (bicyclic) bond motifs is 1. The molecule has 50 valence electrons. The van der Waals surface area contributed by atoms with E-state index in [1.54, 1.807) is 6.20 Å². The molecule has 2 heterocycles. The molecule has 3 heteroatoms. The minimum Gasteiger partial charge on any atom is -0.443 e. The molecule has 0 atom stereocenters. The van der Waals surface area contributed by atoms with E-state index in [1.165, 1.54) is 6.33 Å². The van der Waals surface area contributed by atoms with Gasteiger partial charge in [0.2, 0.25) is 5.71 Å². The van der Waals surface area contributed by atoms with Crippen molar-refractivity contribution in [3.05, 3.63) is 24.4 Å². The van der Waals surface area contributed by atoms with Gasteiger partial charge in [-0.3, -0.25) is 0 Å². The predicted molar refractivity (Wildman–Crippen MR) is 36.5 cm³/mol. The highest BCUT2D eigenvalue weighted by molar-refractivity contribution is 5.72. The van der Waals surface area contributed by atoms with E-state index in [4.69, 9.17) is 4.42 Å². The van der Waals surface area contributed by atoms with Gasteiger partial charge in [0.1, 0.15) is 12.1 Å². The van der Waals surface area contributed by atoms with Crippen molar-refractivity contribution < 1.29 is 4.42 Å². The molecule has 0 radical (unpaired) electrons. The first kappa shape index (κ1) is 5.41. The topological polar surface area (TPSA) is 38.9 Å². The second-order valence-electron chi connectivity index (χ2n) is 2.14. The van der Waals surface area contributed by atoms with Gasteiger partial charge < -0.3 is 4.42 Å². The Morgan fingerprint density at radius 1 is 1.50 bits per heavy atom. The highest BCUT2D eigenvalue weighted by Crippen LogP contribution is 2.13. The van der Waals surface area contributed by atoms with Gasteiger partial charge in [0.15, 0.2) is 0 Å². The number of hydrogen-bond donors (Lipinski definition) is 0. The molecule has 0 aliphatic carbocycles. The highest BCUT2D eigenvalue weighted by atomic mass is 16.3. The predicted octanol–water partition coefficient (Wildman–Crippen LogP) is 1.53. The smallest absolute Gasteiger partial charge is 0.229 e. The van der Waals surface area contributed by atoms with Crippen molar-refractivity contribution in [2.45, 2.75) is 6.92 Å². The summed E-state index contributed by atoms with van der Waals surface area (Å²) in [4.78, 5) is 7.78. The fraction of sp³-hybridized carbons (Fsp3) is 0.143. The molecule has 0 amide bonds. The third kappa shape index (κ3) is 0.673. The van der Waals surface area contributed by atoms with Gasteiger partial charge in [-0.2, -0.15) is 0 Å². The summed E-state index contributed by atoms with van der Waals surface area (Å²) in [6.45, 7) is 1.89. The van der Waals surface area contributed by atoms with Crippen molar-refractivity contribution in [2.75, 3.05) is 0 Å². The van der Waals surface area contributed by atoms with Crippen molar-refractivity contribution in [3.63, 3.8) is 0 Å². The van der Waals surface area contributed by atoms with Crippen LogP contribution in [0.2, 0.25) is 0 Å². The summed E-state index contributed by atoms with van der Waals surface area (Å²) in [6.07, 6.45) is 3.21. The summed E-state index contributed by atoms with van der Waals surface area (Å²) >= 11 is 0. The maximum atomic E-state index is 5.22. The molecule has 0 aliphatic heterocycles. The van der Waals surface area contributed by atoms with Crippen molar-refractivity contribution in [1.29, 1.82) is 0 Å². The maximum Gasteiger partial charge on any atom is 0.229 e. The van der Waals surface area contributed by atoms with Crippen LogP contribution in [0.5, 0.6) is 0 Å². The number of aromatic nitrogens is 2. The molecule has 2 aromatic rings. The maximum absolute atomic E-state index is 5.22. The third-order valence-electron chi connectivity index (χ3n) is 1.32. The third-order valence-corrected chi connectivity index (χ3v) is 1.32. The molecule has 0 aliphatic rings. The van der Waals surface area contributed by atoms with Gasteiger partial charge in [-0.05, 0) is 13.0 Å². The van der Waals surface area contributed by atoms with E-state index in [0.29, 0.717) is 5.71 Å². The van der Waals surface area contributed by atoms with E-state index in [-0.39, 0.29) is 0 Å². The Morgan fingerprint density at radius 2 is 2.40 bits per heavy atom. The van der Waals surface area contributed by atoms with E-state index in [0.717, 1.165) is 11.1 Å². The second-order valence-corrected chi connectivity index (χ2v) is 2.14. The number of furan rings is 1. The van der Waals surface area contributed by atoms with Crippen LogP contribution >= 0.6 is 0 Å². The number of nitrogens with zero attached hydrogens (tertiary/aromatic N) is 2. The molecule has 0 saturated heterocycles. The Morgan fingerprint density at radius 3 is 3.20 bits per heavy atom. The first-order valence-corrected chi connectivity index (χ1v) is 3.02. The molecule has 0 unspecified atom stereocenters. The van der Waals surface area contributed by atoms with Crippen LogP contribution in [0.25, 0.3) is 11.1 Å². The summed E-state index contributed by atoms with van der Waals surface area (Å²) in [5, 5.41) is 0.958. The summed E-state index contributed by atoms with van der Waals surface area (Å²) in [7, 11) is 0. The zero-order valence-corrected chi connectivity index (χ0v) is 5.53. The zero-order chi connectivity index (χ0) is 6.97. The molecule has 2 rings (SSSR count). The van der Waals surface area contributed by atoms with Crippen LogP contribution in [0.1, 0.15) is 5.76 Å². The van der Waals surface area contributed by atoms with Gasteiger partial charge in [-0.1, -0.05) is 0 Å². The lowest BCUT2D eigenvalue weighted by Gasteiger charge is -1.80. The van der Waals surface area contributed by atoms with Crippen molar-refractivity contribution in [3.8, 4) is 0 Å². The molecule has 0 spiro atoms. The molecule has 10 heavy (non-hydrogen) atoms. The van der Waals surface area contributed by atoms with Crippen LogP contribution in [0.15, 0.2) is 23.0 Å². The minimum atomic E-state index is 0.660. The lowest BCUT2D eigenvalue weighted by Crippen LogP contribution is -1.72. The van der Waals surface area contributed by atoms with Gasteiger partial charge in [0, 0.05) is 6.20 Å². The van der Waals surface area contributed by atoms with E-state index >= 15 is 0 Å². The van der Waals surface area contributed by atoms with Gasteiger partial charge in [-0.25, -0.2) is 9.97 Å². The monoisotopic (exact) mass is 134 g/mol. The highest BCUT2D eigenvalue weighted by Gasteiger charge is 1.97. The van der Waals surface area contributed by atoms with Crippen molar-refractivity contribution in [1.82, 2.24) is 9.97 Å². The standard InChI is InChI=1S/C7H6N2O/c1-5-2-6-3-8-4-9-7(6)10-5/h2-4H,1H3. The van der Waals surface area contributed by atoms with Crippen LogP contribution in [-0.4, -0.2) is 9.97 Å². The largest absolute Gasteiger partial charge is 0.443 e. The SMILES string of the molecule is Cc1cc2cncnc2o1. The average molecular weight is 134 g/mol. The van der Waals surface area contributed by atoms with Crippen LogP contribution in [0.3, 0.4) is 0 Å². The Bertz CT molecular complexity index is 320. The molecule has 3 nitrogen and oxygen atoms in total. The van der Waals surface area contributed by atoms with Crippen LogP contribution in [0, 0.1) is 6.92 Å². The van der Waals surface area contributed by atoms with Crippen LogP contribution < -0.4 is 0 Å². The van der Waals surface area contributed by atoms with Crippen molar-refractivity contribution in [2.24, 2.45) is 0 Å². The van der Waals surface area contributed by atoms with Crippen molar-refractivity contribution >= 4 is 11.1 Å². The molecular weight excluding hydrogens is 128 g/mol. The van der Waals surface area contributed by atoms with Gasteiger partial charge >= 0.3 is 0 Å². The van der Waals surface area contributed by atoms with Gasteiger partial charge in [-0.15, -0.1) is 0 Å².